The number of benzene rings is 1. The molecular formula is C17H25ClN2O3S. The second-order valence-corrected chi connectivity index (χ2v) is 9.34. The van der Waals surface area contributed by atoms with Crippen LogP contribution in [0.5, 0.6) is 0 Å². The van der Waals surface area contributed by atoms with Crippen LogP contribution in [-0.4, -0.2) is 37.7 Å². The van der Waals surface area contributed by atoms with Crippen LogP contribution in [0.3, 0.4) is 0 Å². The number of rotatable bonds is 4. The van der Waals surface area contributed by atoms with Crippen molar-refractivity contribution in [3.8, 4) is 0 Å². The highest BCUT2D eigenvalue weighted by molar-refractivity contribution is 7.92. The predicted molar refractivity (Wildman–Crippen MR) is 96.4 cm³/mol. The Labute approximate surface area is 149 Å². The molecule has 5 nitrogen and oxygen atoms in total. The lowest BCUT2D eigenvalue weighted by Gasteiger charge is -2.29. The molecule has 134 valence electrons. The average Bonchev–Trinajstić information content (AvgIpc) is 2.86. The van der Waals surface area contributed by atoms with Gasteiger partial charge >= 0.3 is 0 Å². The Hall–Kier alpha value is -1.11. The van der Waals surface area contributed by atoms with Crippen LogP contribution >= 0.6 is 12.4 Å². The van der Waals surface area contributed by atoms with Gasteiger partial charge in [-0.15, -0.1) is 12.4 Å². The molecule has 1 aromatic carbocycles. The number of carbonyl (C=O) groups excluding carboxylic acids is 1. The molecule has 2 fully saturated rings. The van der Waals surface area contributed by atoms with Crippen LogP contribution in [0.4, 0.5) is 0 Å². The number of hydrogen-bond acceptors (Lipinski definition) is 4. The summed E-state index contributed by atoms with van der Waals surface area (Å²) in [5, 5.41) is 6.03. The third-order valence-corrected chi connectivity index (χ3v) is 7.08. The third-order valence-electron chi connectivity index (χ3n) is 4.87. The first kappa shape index (κ1) is 19.2. The van der Waals surface area contributed by atoms with Crippen molar-refractivity contribution in [3.63, 3.8) is 0 Å². The Bertz CT molecular complexity index is 694. The molecule has 0 spiro atoms. The zero-order valence-electron chi connectivity index (χ0n) is 14.0. The standard InChI is InChI=1S/C17H24N2O3S.ClH/c1-11(2)23(21,22)16-6-4-3-5-15(16)17(20)19-14-9-12-7-8-13(10-14)18-12;/h3-6,11-14,18H,7-10H2,1-2H3,(H,19,20);1H. The molecule has 0 aliphatic carbocycles. The minimum Gasteiger partial charge on any atom is -0.349 e. The summed E-state index contributed by atoms with van der Waals surface area (Å²) in [6.45, 7) is 3.27. The van der Waals surface area contributed by atoms with Gasteiger partial charge < -0.3 is 10.6 Å². The van der Waals surface area contributed by atoms with Crippen LogP contribution in [0.1, 0.15) is 49.9 Å². The van der Waals surface area contributed by atoms with Gasteiger partial charge in [0.2, 0.25) is 0 Å². The summed E-state index contributed by atoms with van der Waals surface area (Å²) in [7, 11) is -3.48. The number of piperidine rings is 1. The van der Waals surface area contributed by atoms with Gasteiger partial charge in [-0.05, 0) is 51.7 Å². The van der Waals surface area contributed by atoms with Crippen LogP contribution in [0, 0.1) is 0 Å². The highest BCUT2D eigenvalue weighted by atomic mass is 35.5. The summed E-state index contributed by atoms with van der Waals surface area (Å²) < 4.78 is 24.9. The molecule has 0 saturated carbocycles. The van der Waals surface area contributed by atoms with Crippen molar-refractivity contribution in [1.82, 2.24) is 10.6 Å². The molecule has 2 aliphatic heterocycles. The summed E-state index contributed by atoms with van der Waals surface area (Å²) in [6.07, 6.45) is 4.16. The summed E-state index contributed by atoms with van der Waals surface area (Å²) in [6, 6.07) is 7.58. The molecular weight excluding hydrogens is 348 g/mol. The van der Waals surface area contributed by atoms with Crippen molar-refractivity contribution >= 4 is 28.2 Å². The number of carbonyl (C=O) groups is 1. The summed E-state index contributed by atoms with van der Waals surface area (Å²) in [5.74, 6) is -0.281. The van der Waals surface area contributed by atoms with E-state index in [2.05, 4.69) is 10.6 Å². The van der Waals surface area contributed by atoms with E-state index in [-0.39, 0.29) is 34.8 Å². The Morgan fingerprint density at radius 3 is 2.33 bits per heavy atom. The van der Waals surface area contributed by atoms with E-state index in [0.29, 0.717) is 12.1 Å². The van der Waals surface area contributed by atoms with Gasteiger partial charge in [-0.3, -0.25) is 4.79 Å². The highest BCUT2D eigenvalue weighted by Gasteiger charge is 2.34. The second-order valence-electron chi connectivity index (χ2n) is 6.87. The lowest BCUT2D eigenvalue weighted by Crippen LogP contribution is -2.48. The van der Waals surface area contributed by atoms with Gasteiger partial charge in [0.15, 0.2) is 9.84 Å². The zero-order valence-corrected chi connectivity index (χ0v) is 15.6. The number of sulfone groups is 1. The monoisotopic (exact) mass is 372 g/mol. The van der Waals surface area contributed by atoms with E-state index in [0.717, 1.165) is 25.7 Å². The van der Waals surface area contributed by atoms with Crippen molar-refractivity contribution in [2.24, 2.45) is 0 Å². The molecule has 2 bridgehead atoms. The van der Waals surface area contributed by atoms with E-state index < -0.39 is 15.1 Å². The molecule has 1 amide bonds. The topological polar surface area (TPSA) is 75.3 Å². The van der Waals surface area contributed by atoms with Gasteiger partial charge in [0.25, 0.3) is 5.91 Å². The Morgan fingerprint density at radius 2 is 1.75 bits per heavy atom. The van der Waals surface area contributed by atoms with Gasteiger partial charge in [-0.1, -0.05) is 12.1 Å². The van der Waals surface area contributed by atoms with E-state index in [1.54, 1.807) is 32.0 Å². The highest BCUT2D eigenvalue weighted by Crippen LogP contribution is 2.27. The second kappa shape index (κ2) is 7.42. The number of fused-ring (bicyclic) bond motifs is 2. The largest absolute Gasteiger partial charge is 0.349 e. The number of halogens is 1. The van der Waals surface area contributed by atoms with Crippen molar-refractivity contribution in [3.05, 3.63) is 29.8 Å². The van der Waals surface area contributed by atoms with Crippen molar-refractivity contribution < 1.29 is 13.2 Å². The molecule has 7 heteroatoms. The lowest BCUT2D eigenvalue weighted by molar-refractivity contribution is 0.0920. The summed E-state index contributed by atoms with van der Waals surface area (Å²) in [5.41, 5.74) is 0.257. The van der Waals surface area contributed by atoms with Gasteiger partial charge in [0.05, 0.1) is 15.7 Å². The van der Waals surface area contributed by atoms with Crippen molar-refractivity contribution in [2.45, 2.75) is 67.8 Å². The van der Waals surface area contributed by atoms with Crippen LogP contribution < -0.4 is 10.6 Å². The van der Waals surface area contributed by atoms with Crippen LogP contribution in [-0.2, 0) is 9.84 Å². The SMILES string of the molecule is CC(C)S(=O)(=O)c1ccccc1C(=O)NC1CC2CCC(C1)N2.Cl. The van der Waals surface area contributed by atoms with Gasteiger partial charge in [-0.2, -0.15) is 0 Å². The number of amides is 1. The minimum atomic E-state index is -3.48. The van der Waals surface area contributed by atoms with E-state index in [9.17, 15) is 13.2 Å². The summed E-state index contributed by atoms with van der Waals surface area (Å²) in [4.78, 5) is 12.8. The Balaban J connectivity index is 0.00000208. The molecule has 0 aromatic heterocycles. The number of nitrogens with one attached hydrogen (secondary N) is 2. The smallest absolute Gasteiger partial charge is 0.252 e. The van der Waals surface area contributed by atoms with Gasteiger partial charge in [0, 0.05) is 18.1 Å². The maximum absolute atomic E-state index is 12.6. The van der Waals surface area contributed by atoms with Crippen molar-refractivity contribution in [2.75, 3.05) is 0 Å². The molecule has 2 N–H and O–H groups in total. The van der Waals surface area contributed by atoms with Crippen LogP contribution in [0.25, 0.3) is 0 Å². The molecule has 2 saturated heterocycles. The molecule has 0 radical (unpaired) electrons. The first-order valence-corrected chi connectivity index (χ1v) is 9.82. The van der Waals surface area contributed by atoms with Crippen LogP contribution in [0.2, 0.25) is 0 Å². The van der Waals surface area contributed by atoms with Gasteiger partial charge in [-0.25, -0.2) is 8.42 Å². The van der Waals surface area contributed by atoms with Crippen LogP contribution in [0.15, 0.2) is 29.2 Å². The first-order chi connectivity index (χ1) is 10.9. The normalized spacial score (nSPS) is 26.0. The predicted octanol–water partition coefficient (Wildman–Crippen LogP) is 2.30. The zero-order chi connectivity index (χ0) is 16.6. The van der Waals surface area contributed by atoms with E-state index in [1.807, 2.05) is 0 Å². The van der Waals surface area contributed by atoms with Gasteiger partial charge in [0.1, 0.15) is 0 Å². The van der Waals surface area contributed by atoms with E-state index >= 15 is 0 Å². The lowest BCUT2D eigenvalue weighted by atomic mass is 9.99. The first-order valence-electron chi connectivity index (χ1n) is 8.27. The molecule has 2 heterocycles. The molecule has 2 atom stereocenters. The van der Waals surface area contributed by atoms with E-state index in [1.165, 1.54) is 6.07 Å². The maximum atomic E-state index is 12.6. The molecule has 1 aromatic rings. The third kappa shape index (κ3) is 3.76. The maximum Gasteiger partial charge on any atom is 0.252 e. The fraction of sp³-hybridized carbons (Fsp3) is 0.588. The fourth-order valence-corrected chi connectivity index (χ4v) is 4.84. The Kier molecular flexibility index (Phi) is 5.94. The fourth-order valence-electron chi connectivity index (χ4n) is 3.59. The molecule has 3 rings (SSSR count). The quantitative estimate of drug-likeness (QED) is 0.850. The minimum absolute atomic E-state index is 0. The van der Waals surface area contributed by atoms with E-state index in [4.69, 9.17) is 0 Å². The number of hydrogen-bond donors (Lipinski definition) is 2. The summed E-state index contributed by atoms with van der Waals surface area (Å²) >= 11 is 0. The molecule has 24 heavy (non-hydrogen) atoms. The average molecular weight is 373 g/mol. The molecule has 2 aliphatic rings. The Morgan fingerprint density at radius 1 is 1.17 bits per heavy atom. The van der Waals surface area contributed by atoms with Crippen molar-refractivity contribution in [1.29, 1.82) is 0 Å². The molecule has 2 unspecified atom stereocenters.